The summed E-state index contributed by atoms with van der Waals surface area (Å²) in [6, 6.07) is 8.36. The molecule has 0 radical (unpaired) electrons. The minimum Gasteiger partial charge on any atom is -0.492 e. The lowest BCUT2D eigenvalue weighted by atomic mass is 9.85. The lowest BCUT2D eigenvalue weighted by molar-refractivity contribution is 0.641. The molecule has 1 aliphatic rings. The van der Waals surface area contributed by atoms with Gasteiger partial charge in [0.25, 0.3) is 0 Å². The Balaban J connectivity index is 2.68. The molecule has 1 heterocycles. The van der Waals surface area contributed by atoms with Crippen LogP contribution in [0.1, 0.15) is 19.4 Å². The molecule has 2 rings (SSSR count). The van der Waals surface area contributed by atoms with Gasteiger partial charge < -0.3 is 11.5 Å². The molecule has 13 heavy (non-hydrogen) atoms. The Morgan fingerprint density at radius 3 is 2.46 bits per heavy atom. The lowest BCUT2D eigenvalue weighted by Crippen LogP contribution is -2.21. The van der Waals surface area contributed by atoms with Crippen molar-refractivity contribution in [1.82, 2.24) is 0 Å². The van der Waals surface area contributed by atoms with Crippen molar-refractivity contribution in [2.45, 2.75) is 19.3 Å². The summed E-state index contributed by atoms with van der Waals surface area (Å²) in [6.45, 7) is 10.4. The van der Waals surface area contributed by atoms with Crippen molar-refractivity contribution in [3.8, 4) is 0 Å². The quantitative estimate of drug-likeness (QED) is 0.544. The number of likely N-dealkylation sites (N-methyl/N-ethyl adjacent to an activating group) is 1. The molecule has 0 saturated heterocycles. The van der Waals surface area contributed by atoms with E-state index in [4.69, 9.17) is 6.58 Å². The molecule has 0 atom stereocenters. The van der Waals surface area contributed by atoms with Gasteiger partial charge in [0.15, 0.2) is 0 Å². The molecule has 68 valence electrons. The van der Waals surface area contributed by atoms with Crippen molar-refractivity contribution in [3.63, 3.8) is 0 Å². The first-order chi connectivity index (χ1) is 6.05. The van der Waals surface area contributed by atoms with E-state index in [1.807, 2.05) is 13.1 Å². The van der Waals surface area contributed by atoms with Gasteiger partial charge in [-0.1, -0.05) is 32.0 Å². The molecular weight excluding hydrogens is 158 g/mol. The highest BCUT2D eigenvalue weighted by Crippen LogP contribution is 2.45. The van der Waals surface area contributed by atoms with E-state index in [-0.39, 0.29) is 5.41 Å². The van der Waals surface area contributed by atoms with Crippen molar-refractivity contribution < 1.29 is 0 Å². The van der Waals surface area contributed by atoms with Gasteiger partial charge in [-0.25, -0.2) is 0 Å². The van der Waals surface area contributed by atoms with Gasteiger partial charge in [0.05, 0.1) is 0 Å². The first-order valence-electron chi connectivity index (χ1n) is 4.51. The molecule has 0 fully saturated rings. The molecule has 1 aromatic carbocycles. The van der Waals surface area contributed by atoms with Gasteiger partial charge in [0, 0.05) is 12.7 Å². The number of hydrogen-bond donors (Lipinski definition) is 0. The Morgan fingerprint density at radius 1 is 1.23 bits per heavy atom. The summed E-state index contributed by atoms with van der Waals surface area (Å²) in [5.74, 6) is 0. The van der Waals surface area contributed by atoms with Gasteiger partial charge in [-0.05, 0) is 17.0 Å². The van der Waals surface area contributed by atoms with Gasteiger partial charge in [-0.2, -0.15) is 5.70 Å². The molecule has 1 heteroatoms. The standard InChI is InChI=1S/C12H14N/c1-9-12(2,3)10-7-5-6-8-11(10)13(9)4/h1,5-8H,2-4H3/q-1. The van der Waals surface area contributed by atoms with Gasteiger partial charge >= 0.3 is 0 Å². The summed E-state index contributed by atoms with van der Waals surface area (Å²) in [6.07, 6.45) is 0. The Labute approximate surface area is 79.7 Å². The number of anilines is 1. The molecule has 1 aliphatic heterocycles. The van der Waals surface area contributed by atoms with Gasteiger partial charge in [0.2, 0.25) is 0 Å². The second-order valence-corrected chi connectivity index (χ2v) is 4.09. The molecule has 0 amide bonds. The number of hydrogen-bond acceptors (Lipinski definition) is 1. The maximum Gasteiger partial charge on any atom is 0.0421 e. The summed E-state index contributed by atoms with van der Waals surface area (Å²) in [7, 11) is 2.02. The van der Waals surface area contributed by atoms with Crippen LogP contribution < -0.4 is 4.90 Å². The summed E-state index contributed by atoms with van der Waals surface area (Å²) in [4.78, 5) is 2.06. The average molecular weight is 172 g/mol. The Hall–Kier alpha value is -1.24. The number of allylic oxidation sites excluding steroid dienone is 1. The first-order valence-corrected chi connectivity index (χ1v) is 4.51. The van der Waals surface area contributed by atoms with Crippen LogP contribution in [0.25, 0.3) is 0 Å². The third-order valence-electron chi connectivity index (χ3n) is 2.94. The highest BCUT2D eigenvalue weighted by atomic mass is 15.1. The van der Waals surface area contributed by atoms with Gasteiger partial charge in [-0.15, -0.1) is 0 Å². The fourth-order valence-corrected chi connectivity index (χ4v) is 1.98. The Bertz CT molecular complexity index is 363. The molecule has 0 unspecified atom stereocenters. The topological polar surface area (TPSA) is 3.24 Å². The smallest absolute Gasteiger partial charge is 0.0421 e. The summed E-state index contributed by atoms with van der Waals surface area (Å²) in [5.41, 5.74) is 3.44. The average Bonchev–Trinajstić information content (AvgIpc) is 2.30. The fraction of sp³-hybridized carbons (Fsp3) is 0.333. The van der Waals surface area contributed by atoms with E-state index in [9.17, 15) is 0 Å². The minimum absolute atomic E-state index is 0.0225. The predicted octanol–water partition coefficient (Wildman–Crippen LogP) is 2.73. The molecule has 0 bridgehead atoms. The molecule has 1 nitrogen and oxygen atoms in total. The number of benzene rings is 1. The Kier molecular flexibility index (Phi) is 1.53. The second kappa shape index (κ2) is 2.38. The highest BCUT2D eigenvalue weighted by molar-refractivity contribution is 5.68. The molecule has 0 spiro atoms. The molecular formula is C12H14N-. The molecule has 0 aromatic heterocycles. The molecule has 0 saturated carbocycles. The normalized spacial score (nSPS) is 19.0. The van der Waals surface area contributed by atoms with Crippen molar-refractivity contribution >= 4 is 5.69 Å². The number of rotatable bonds is 0. The van der Waals surface area contributed by atoms with Crippen molar-refractivity contribution in [2.24, 2.45) is 0 Å². The van der Waals surface area contributed by atoms with Crippen LogP contribution in [0.15, 0.2) is 30.0 Å². The van der Waals surface area contributed by atoms with Gasteiger partial charge in [0.1, 0.15) is 0 Å². The molecule has 1 aromatic rings. The van der Waals surface area contributed by atoms with Crippen LogP contribution in [0.3, 0.4) is 0 Å². The van der Waals surface area contributed by atoms with Crippen LogP contribution in [0.2, 0.25) is 0 Å². The largest absolute Gasteiger partial charge is 0.492 e. The maximum absolute atomic E-state index is 6.05. The van der Waals surface area contributed by atoms with E-state index in [0.29, 0.717) is 0 Å². The van der Waals surface area contributed by atoms with Crippen LogP contribution in [-0.4, -0.2) is 7.05 Å². The third-order valence-corrected chi connectivity index (χ3v) is 2.94. The summed E-state index contributed by atoms with van der Waals surface area (Å²) < 4.78 is 0. The van der Waals surface area contributed by atoms with Crippen LogP contribution in [0, 0.1) is 6.58 Å². The van der Waals surface area contributed by atoms with E-state index in [1.165, 1.54) is 11.3 Å². The molecule has 0 aliphatic carbocycles. The third kappa shape index (κ3) is 0.932. The number of nitrogens with zero attached hydrogens (tertiary/aromatic N) is 1. The van der Waals surface area contributed by atoms with Crippen LogP contribution in [0.5, 0.6) is 0 Å². The zero-order valence-corrected chi connectivity index (χ0v) is 8.33. The minimum atomic E-state index is -0.0225. The van der Waals surface area contributed by atoms with Crippen LogP contribution in [-0.2, 0) is 5.41 Å². The van der Waals surface area contributed by atoms with Gasteiger partial charge in [-0.3, -0.25) is 0 Å². The Morgan fingerprint density at radius 2 is 1.85 bits per heavy atom. The van der Waals surface area contributed by atoms with E-state index in [1.54, 1.807) is 0 Å². The first kappa shape index (κ1) is 8.36. The van der Waals surface area contributed by atoms with Crippen LogP contribution in [0.4, 0.5) is 5.69 Å². The summed E-state index contributed by atoms with van der Waals surface area (Å²) >= 11 is 0. The lowest BCUT2D eigenvalue weighted by Gasteiger charge is -2.29. The summed E-state index contributed by atoms with van der Waals surface area (Å²) in [5, 5.41) is 0. The zero-order chi connectivity index (χ0) is 9.64. The maximum atomic E-state index is 6.05. The zero-order valence-electron chi connectivity index (χ0n) is 8.33. The van der Waals surface area contributed by atoms with E-state index in [0.717, 1.165) is 5.70 Å². The number of para-hydroxylation sites is 1. The SMILES string of the molecule is [CH-]=C1N(C)c2ccccc2C1(C)C. The second-order valence-electron chi connectivity index (χ2n) is 4.09. The van der Waals surface area contributed by atoms with Crippen molar-refractivity contribution in [1.29, 1.82) is 0 Å². The van der Waals surface area contributed by atoms with Crippen LogP contribution >= 0.6 is 0 Å². The monoisotopic (exact) mass is 172 g/mol. The van der Waals surface area contributed by atoms with E-state index in [2.05, 4.69) is 36.9 Å². The molecule has 0 N–H and O–H groups in total. The fourth-order valence-electron chi connectivity index (χ4n) is 1.98. The van der Waals surface area contributed by atoms with E-state index >= 15 is 0 Å². The predicted molar refractivity (Wildman–Crippen MR) is 55.7 cm³/mol. The number of fused-ring (bicyclic) bond motifs is 1. The highest BCUT2D eigenvalue weighted by Gasteiger charge is 2.31. The van der Waals surface area contributed by atoms with E-state index < -0.39 is 0 Å². The van der Waals surface area contributed by atoms with Crippen molar-refractivity contribution in [3.05, 3.63) is 42.1 Å². The van der Waals surface area contributed by atoms with Crippen molar-refractivity contribution in [2.75, 3.05) is 11.9 Å².